The predicted molar refractivity (Wildman–Crippen MR) is 124 cm³/mol. The Morgan fingerprint density at radius 2 is 2.00 bits per heavy atom. The highest BCUT2D eigenvalue weighted by Crippen LogP contribution is 2.41. The molecule has 2 aromatic heterocycles. The van der Waals surface area contributed by atoms with E-state index in [1.165, 1.54) is 11.3 Å². The minimum atomic E-state index is -0.538. The van der Waals surface area contributed by atoms with E-state index in [0.717, 1.165) is 32.8 Å². The van der Waals surface area contributed by atoms with E-state index in [1.54, 1.807) is 23.9 Å². The van der Waals surface area contributed by atoms with Crippen LogP contribution < -0.4 is 20.5 Å². The fraction of sp³-hybridized carbons (Fsp3) is 0.217. The molecular weight excluding hydrogens is 442 g/mol. The number of carbonyl (C=O) groups is 2. The van der Waals surface area contributed by atoms with Gasteiger partial charge in [0.2, 0.25) is 11.0 Å². The van der Waals surface area contributed by atoms with Crippen LogP contribution in [0, 0.1) is 6.92 Å². The molecule has 5 rings (SSSR count). The van der Waals surface area contributed by atoms with Crippen LogP contribution in [0.2, 0.25) is 0 Å². The van der Waals surface area contributed by atoms with Crippen molar-refractivity contribution in [1.82, 2.24) is 14.8 Å². The standard InChI is InChI=1S/C23H21N5O4S/c1-12-21-16(13-3-5-14(6-4-13)32-11-19(24)29)10-20(30)26-22(21)28(27-12)23-25-17-8-7-15(31-2)9-18(17)33-23/h3-9,16H,10-11H2,1-2H3,(H2,24,29)(H,26,30). The number of hydrogen-bond donors (Lipinski definition) is 2. The van der Waals surface area contributed by atoms with Gasteiger partial charge in [-0.1, -0.05) is 23.5 Å². The van der Waals surface area contributed by atoms with Gasteiger partial charge in [-0.2, -0.15) is 9.78 Å². The molecule has 0 saturated carbocycles. The van der Waals surface area contributed by atoms with Crippen molar-refractivity contribution in [2.45, 2.75) is 19.3 Å². The first-order valence-corrected chi connectivity index (χ1v) is 11.1. The van der Waals surface area contributed by atoms with Gasteiger partial charge in [0, 0.05) is 17.9 Å². The fourth-order valence-corrected chi connectivity index (χ4v) is 4.98. The summed E-state index contributed by atoms with van der Waals surface area (Å²) in [5.41, 5.74) is 8.70. The van der Waals surface area contributed by atoms with Crippen molar-refractivity contribution in [1.29, 1.82) is 0 Å². The fourth-order valence-electron chi connectivity index (χ4n) is 4.03. The third kappa shape index (κ3) is 3.89. The van der Waals surface area contributed by atoms with E-state index in [2.05, 4.69) is 5.32 Å². The van der Waals surface area contributed by atoms with Crippen molar-refractivity contribution >= 4 is 39.2 Å². The molecule has 0 aliphatic carbocycles. The Hall–Kier alpha value is -3.92. The summed E-state index contributed by atoms with van der Waals surface area (Å²) in [5.74, 6) is 1.13. The number of thiazole rings is 1. The number of nitrogens with two attached hydrogens (primary N) is 1. The van der Waals surface area contributed by atoms with E-state index >= 15 is 0 Å². The van der Waals surface area contributed by atoms with E-state index in [4.69, 9.17) is 25.3 Å². The Morgan fingerprint density at radius 3 is 2.73 bits per heavy atom. The SMILES string of the molecule is COc1ccc2nc(-n3nc(C)c4c3NC(=O)CC4c3ccc(OCC(N)=O)cc3)sc2c1. The van der Waals surface area contributed by atoms with Gasteiger partial charge in [0.1, 0.15) is 17.3 Å². The molecule has 4 aromatic rings. The molecule has 0 fully saturated rings. The second-order valence-electron chi connectivity index (χ2n) is 7.72. The average molecular weight is 464 g/mol. The highest BCUT2D eigenvalue weighted by molar-refractivity contribution is 7.20. The molecule has 0 spiro atoms. The number of fused-ring (bicyclic) bond motifs is 2. The van der Waals surface area contributed by atoms with Gasteiger partial charge in [0.05, 0.1) is 23.0 Å². The maximum atomic E-state index is 12.6. The summed E-state index contributed by atoms with van der Waals surface area (Å²) >= 11 is 1.48. The van der Waals surface area contributed by atoms with Gasteiger partial charge in [-0.15, -0.1) is 0 Å². The zero-order chi connectivity index (χ0) is 23.1. The molecule has 1 atom stereocenters. The van der Waals surface area contributed by atoms with Crippen LogP contribution in [0.5, 0.6) is 11.5 Å². The Balaban J connectivity index is 1.53. The number of nitrogens with zero attached hydrogens (tertiary/aromatic N) is 3. The highest BCUT2D eigenvalue weighted by atomic mass is 32.1. The van der Waals surface area contributed by atoms with E-state index < -0.39 is 5.91 Å². The molecule has 1 aliphatic heterocycles. The Labute approximate surface area is 193 Å². The molecule has 2 aromatic carbocycles. The number of anilines is 1. The van der Waals surface area contributed by atoms with Crippen LogP contribution >= 0.6 is 11.3 Å². The number of hydrogen-bond acceptors (Lipinski definition) is 7. The smallest absolute Gasteiger partial charge is 0.255 e. The van der Waals surface area contributed by atoms with Crippen molar-refractivity contribution in [3.05, 3.63) is 59.3 Å². The molecule has 3 N–H and O–H groups in total. The van der Waals surface area contributed by atoms with Crippen LogP contribution in [0.1, 0.15) is 29.2 Å². The lowest BCUT2D eigenvalue weighted by molar-refractivity contribution is -0.120. The van der Waals surface area contributed by atoms with E-state index in [9.17, 15) is 9.59 Å². The summed E-state index contributed by atoms with van der Waals surface area (Å²) < 4.78 is 13.3. The van der Waals surface area contributed by atoms with Crippen molar-refractivity contribution in [3.63, 3.8) is 0 Å². The van der Waals surface area contributed by atoms with Crippen LogP contribution in [-0.4, -0.2) is 40.3 Å². The number of methoxy groups -OCH3 is 1. The van der Waals surface area contributed by atoms with Gasteiger partial charge in [0.15, 0.2) is 6.61 Å². The van der Waals surface area contributed by atoms with Crippen LogP contribution in [0.4, 0.5) is 5.82 Å². The van der Waals surface area contributed by atoms with Crippen LogP contribution in [-0.2, 0) is 9.59 Å². The molecule has 33 heavy (non-hydrogen) atoms. The third-order valence-corrected chi connectivity index (χ3v) is 6.53. The van der Waals surface area contributed by atoms with Gasteiger partial charge >= 0.3 is 0 Å². The zero-order valence-corrected chi connectivity index (χ0v) is 18.8. The molecule has 0 radical (unpaired) electrons. The largest absolute Gasteiger partial charge is 0.497 e. The summed E-state index contributed by atoms with van der Waals surface area (Å²) in [4.78, 5) is 28.3. The molecule has 1 unspecified atom stereocenters. The normalized spacial score (nSPS) is 15.2. The summed E-state index contributed by atoms with van der Waals surface area (Å²) in [6.07, 6.45) is 0.304. The van der Waals surface area contributed by atoms with Gasteiger partial charge in [-0.05, 0) is 42.8 Å². The number of nitrogens with one attached hydrogen (secondary N) is 1. The summed E-state index contributed by atoms with van der Waals surface area (Å²) in [6.45, 7) is 1.75. The molecule has 168 valence electrons. The first-order chi connectivity index (χ1) is 15.9. The first-order valence-electron chi connectivity index (χ1n) is 10.3. The maximum Gasteiger partial charge on any atom is 0.255 e. The number of rotatable bonds is 6. The van der Waals surface area contributed by atoms with Gasteiger partial charge in [-0.3, -0.25) is 9.59 Å². The van der Waals surface area contributed by atoms with Crippen molar-refractivity contribution in [2.75, 3.05) is 19.0 Å². The van der Waals surface area contributed by atoms with Crippen LogP contribution in [0.15, 0.2) is 42.5 Å². The lowest BCUT2D eigenvalue weighted by atomic mass is 9.86. The van der Waals surface area contributed by atoms with Crippen LogP contribution in [0.25, 0.3) is 15.3 Å². The predicted octanol–water partition coefficient (Wildman–Crippen LogP) is 3.14. The third-order valence-electron chi connectivity index (χ3n) is 5.53. The summed E-state index contributed by atoms with van der Waals surface area (Å²) in [6, 6.07) is 13.0. The van der Waals surface area contributed by atoms with Crippen molar-refractivity contribution in [3.8, 4) is 16.6 Å². The number of ether oxygens (including phenoxy) is 2. The van der Waals surface area contributed by atoms with Crippen molar-refractivity contribution < 1.29 is 19.1 Å². The molecule has 3 heterocycles. The molecule has 0 bridgehead atoms. The topological polar surface area (TPSA) is 121 Å². The Morgan fingerprint density at radius 1 is 1.24 bits per heavy atom. The Bertz CT molecular complexity index is 1380. The molecule has 2 amide bonds. The second kappa shape index (κ2) is 8.21. The Kier molecular flexibility index (Phi) is 5.21. The minimum absolute atomic E-state index is 0.0921. The molecule has 10 heteroatoms. The minimum Gasteiger partial charge on any atom is -0.497 e. The van der Waals surface area contributed by atoms with E-state index in [0.29, 0.717) is 23.1 Å². The quantitative estimate of drug-likeness (QED) is 0.453. The molecule has 9 nitrogen and oxygen atoms in total. The second-order valence-corrected chi connectivity index (χ2v) is 8.73. The van der Waals surface area contributed by atoms with Gasteiger partial charge in [0.25, 0.3) is 5.91 Å². The van der Waals surface area contributed by atoms with Crippen LogP contribution in [0.3, 0.4) is 0 Å². The molecule has 1 aliphatic rings. The van der Waals surface area contributed by atoms with E-state index in [-0.39, 0.29) is 18.4 Å². The van der Waals surface area contributed by atoms with Gasteiger partial charge in [-0.25, -0.2) is 4.98 Å². The lowest BCUT2D eigenvalue weighted by Crippen LogP contribution is -2.25. The number of amides is 2. The monoisotopic (exact) mass is 463 g/mol. The zero-order valence-electron chi connectivity index (χ0n) is 18.0. The number of aromatic nitrogens is 3. The summed E-state index contributed by atoms with van der Waals surface area (Å²) in [5, 5.41) is 8.37. The molecular formula is C23H21N5O4S. The molecule has 0 saturated heterocycles. The number of benzene rings is 2. The first kappa shape index (κ1) is 21.0. The average Bonchev–Trinajstić information content (AvgIpc) is 3.37. The van der Waals surface area contributed by atoms with Gasteiger partial charge < -0.3 is 20.5 Å². The summed E-state index contributed by atoms with van der Waals surface area (Å²) in [7, 11) is 1.63. The number of aryl methyl sites for hydroxylation is 1. The van der Waals surface area contributed by atoms with Crippen molar-refractivity contribution in [2.24, 2.45) is 5.73 Å². The van der Waals surface area contributed by atoms with E-state index in [1.807, 2.05) is 37.3 Å². The lowest BCUT2D eigenvalue weighted by Gasteiger charge is -2.24. The highest BCUT2D eigenvalue weighted by Gasteiger charge is 2.33. The number of carbonyl (C=O) groups excluding carboxylic acids is 2. The maximum absolute atomic E-state index is 12.6. The number of primary amides is 1.